The quantitative estimate of drug-likeness (QED) is 0.0127. The molecule has 3 aromatic carbocycles. The van der Waals surface area contributed by atoms with Crippen molar-refractivity contribution in [2.45, 2.75) is 69.1 Å². The number of hydrogen-bond acceptors (Lipinski definition) is 26. The number of ether oxygens (including phenoxy) is 5. The summed E-state index contributed by atoms with van der Waals surface area (Å²) >= 11 is 19.9. The van der Waals surface area contributed by atoms with E-state index in [1.54, 1.807) is 60.4 Å². The minimum absolute atomic E-state index is 0.0186. The number of hydrogen-bond donors (Lipinski definition) is 6. The molecule has 0 radical (unpaired) electrons. The number of amidine groups is 3. The molecule has 26 nitrogen and oxygen atoms in total. The molecule has 3 fully saturated rings. The highest BCUT2D eigenvalue weighted by molar-refractivity contribution is 9.10. The van der Waals surface area contributed by atoms with Gasteiger partial charge in [-0.3, -0.25) is 29.7 Å². The number of aliphatic carboxylic acids is 3. The molecule has 4 unspecified atom stereocenters. The second-order valence-corrected chi connectivity index (χ2v) is 29.0. The number of carbonyl (C=O) groups excluding carboxylic acids is 3. The Morgan fingerprint density at radius 3 is 1.25 bits per heavy atom. The van der Waals surface area contributed by atoms with Crippen LogP contribution in [0.1, 0.15) is 70.6 Å². The van der Waals surface area contributed by atoms with Crippen LogP contribution in [0.15, 0.2) is 155 Å². The Balaban J connectivity index is 0.000000176. The number of likely N-dealkylation sites (tertiary alicyclic amines) is 3. The van der Waals surface area contributed by atoms with E-state index in [2.05, 4.69) is 56.8 Å². The Hall–Kier alpha value is -8.96. The number of halogens is 11. The molecule has 6 aliphatic rings. The molecule has 40 heteroatoms. The first-order chi connectivity index (χ1) is 52.4. The van der Waals surface area contributed by atoms with Gasteiger partial charge in [0.2, 0.25) is 0 Å². The van der Waals surface area contributed by atoms with Crippen LogP contribution in [-0.2, 0) is 52.5 Å². The molecule has 7 atom stereocenters. The van der Waals surface area contributed by atoms with Crippen molar-refractivity contribution in [3.05, 3.63) is 199 Å². The van der Waals surface area contributed by atoms with Crippen molar-refractivity contribution in [2.24, 2.45) is 20.9 Å². The van der Waals surface area contributed by atoms with Crippen molar-refractivity contribution in [1.29, 1.82) is 0 Å². The fourth-order valence-corrected chi connectivity index (χ4v) is 15.2. The van der Waals surface area contributed by atoms with Crippen molar-refractivity contribution in [3.63, 3.8) is 0 Å². The first-order valence-electron chi connectivity index (χ1n) is 33.4. The average molecular weight is 1700 g/mol. The highest BCUT2D eigenvalue weighted by Crippen LogP contribution is 2.42. The number of carbonyl (C=O) groups is 6. The smallest absolute Gasteiger partial charge is 0.338 e. The van der Waals surface area contributed by atoms with Crippen LogP contribution >= 0.6 is 73.1 Å². The highest BCUT2D eigenvalue weighted by Gasteiger charge is 2.52. The highest BCUT2D eigenvalue weighted by atomic mass is 79.9. The molecule has 6 aliphatic heterocycles. The van der Waals surface area contributed by atoms with E-state index in [-0.39, 0.29) is 110 Å². The van der Waals surface area contributed by atoms with E-state index in [1.807, 2.05) is 0 Å². The number of aromatic nitrogens is 3. The van der Waals surface area contributed by atoms with E-state index in [0.717, 1.165) is 18.2 Å². The lowest BCUT2D eigenvalue weighted by molar-refractivity contribution is -0.153. The lowest BCUT2D eigenvalue weighted by atomic mass is 9.95. The average Bonchev–Trinajstić information content (AvgIpc) is 1.39. The molecular formula is C70H67BrCl2F8N12O14S3. The molecule has 3 saturated heterocycles. The molecule has 110 heavy (non-hydrogen) atoms. The Kier molecular flexibility index (Phi) is 28.4. The molecular weight excluding hydrogens is 1630 g/mol. The molecule has 0 saturated carbocycles. The van der Waals surface area contributed by atoms with Crippen molar-refractivity contribution in [3.8, 4) is 0 Å². The van der Waals surface area contributed by atoms with E-state index in [1.165, 1.54) is 92.4 Å². The predicted molar refractivity (Wildman–Crippen MR) is 391 cm³/mol. The molecule has 0 bridgehead atoms. The van der Waals surface area contributed by atoms with Gasteiger partial charge in [-0.25, -0.2) is 78.8 Å². The number of aliphatic imine (C=N–C) groups is 3. The number of benzene rings is 3. The lowest BCUT2D eigenvalue weighted by Crippen LogP contribution is -2.39. The SMILES string of the molecule is CCOC(=O)C1=C(CN2CC(F)C(/C=C/C(=O)O)C2)NC(c2nccs2)=N[C@H]1c1ccc(F)cc1Cl.CCOC(=O)C1=C(CN2CC(OCC(=O)O)C(F)(F)C2)NC(c2nccs2)=N[C@H]1c1ccc(F)cc1Br.CCOC(=O)C1=C(CN2CC(OCC(=O)O)C(F)(F)C2)NC(c2nccs2)=N[C@H]1c1ccc(F)cc1Cl. The van der Waals surface area contributed by atoms with E-state index < -0.39 is 134 Å². The number of carboxylic acids is 3. The van der Waals surface area contributed by atoms with E-state index >= 15 is 0 Å². The standard InChI is InChI=1S/C24H23ClF2N4O4S.C23H22BrF3N4O5S.C23H22ClF3N4O5S/c1-2-35-24(34)20-18(12-31-10-13(17(27)11-31)3-6-19(32)33)29-22(23-28-7-8-36-23)30-21(20)15-5-4-14(26)9-16(15)25;2*1-2-35-22(34)18-15(8-31-9-16(23(26,27)11-31)36-10-17(32)33)29-20(21-28-5-6-37-21)30-19(18)13-4-3-12(25)7-14(13)24/h3-9,13,17,21H,2,10-12H2,1H3,(H,29,30)(H,32,33);2*3-7,16,19H,2,8-11H2,1H3,(H,29,30)(H,32,33)/b6-3+;;/t13?,17?,21-;2*16?,19-/m000/s1. The van der Waals surface area contributed by atoms with Crippen molar-refractivity contribution in [1.82, 2.24) is 45.6 Å². The summed E-state index contributed by atoms with van der Waals surface area (Å²) < 4.78 is 141. The van der Waals surface area contributed by atoms with Crippen LogP contribution < -0.4 is 16.0 Å². The van der Waals surface area contributed by atoms with Gasteiger partial charge in [0.05, 0.1) is 49.6 Å². The largest absolute Gasteiger partial charge is 0.480 e. The first-order valence-corrected chi connectivity index (χ1v) is 37.6. The van der Waals surface area contributed by atoms with Crippen molar-refractivity contribution in [2.75, 3.05) is 91.9 Å². The monoisotopic (exact) mass is 1700 g/mol. The van der Waals surface area contributed by atoms with Crippen LogP contribution in [0.4, 0.5) is 35.1 Å². The second kappa shape index (κ2) is 37.4. The van der Waals surface area contributed by atoms with Crippen LogP contribution in [-0.4, -0.2) is 220 Å². The van der Waals surface area contributed by atoms with Gasteiger partial charge in [-0.2, -0.15) is 0 Å². The van der Waals surface area contributed by atoms with E-state index in [4.69, 9.17) is 67.2 Å². The van der Waals surface area contributed by atoms with Crippen LogP contribution in [0.25, 0.3) is 0 Å². The normalized spacial score (nSPS) is 21.8. The molecule has 586 valence electrons. The lowest BCUT2D eigenvalue weighted by Gasteiger charge is -2.29. The summed E-state index contributed by atoms with van der Waals surface area (Å²) in [5.41, 5.74) is 2.36. The fourth-order valence-electron chi connectivity index (χ4n) is 12.4. The second-order valence-electron chi connectivity index (χ2n) is 24.7. The zero-order valence-electron chi connectivity index (χ0n) is 58.0. The van der Waals surface area contributed by atoms with Crippen molar-refractivity contribution >= 4 is 126 Å². The van der Waals surface area contributed by atoms with Gasteiger partial charge in [0, 0.05) is 135 Å². The Labute approximate surface area is 652 Å². The van der Waals surface area contributed by atoms with Gasteiger partial charge < -0.3 is 55.0 Å². The van der Waals surface area contributed by atoms with Gasteiger partial charge in [-0.05, 0) is 62.7 Å². The summed E-state index contributed by atoms with van der Waals surface area (Å²) in [5.74, 6) is -13.8. The Morgan fingerprint density at radius 1 is 0.555 bits per heavy atom. The van der Waals surface area contributed by atoms with Gasteiger partial charge >= 0.3 is 35.8 Å². The maximum absolute atomic E-state index is 14.7. The van der Waals surface area contributed by atoms with Crippen LogP contribution in [0, 0.1) is 23.4 Å². The zero-order chi connectivity index (χ0) is 79.3. The Morgan fingerprint density at radius 2 is 0.918 bits per heavy atom. The van der Waals surface area contributed by atoms with Crippen LogP contribution in [0.2, 0.25) is 10.0 Å². The van der Waals surface area contributed by atoms with Gasteiger partial charge in [-0.15, -0.1) is 34.0 Å². The number of esters is 3. The van der Waals surface area contributed by atoms with E-state index in [9.17, 15) is 63.9 Å². The first kappa shape index (κ1) is 83.5. The topological polar surface area (TPSA) is 331 Å². The zero-order valence-corrected chi connectivity index (χ0v) is 63.5. The van der Waals surface area contributed by atoms with Gasteiger partial charge in [0.25, 0.3) is 11.8 Å². The number of nitrogens with one attached hydrogen (secondary N) is 3. The molecule has 3 aromatic heterocycles. The maximum atomic E-state index is 14.7. The fraction of sp³-hybridized carbons (Fsp3) is 0.371. The minimum Gasteiger partial charge on any atom is -0.480 e. The molecule has 0 aliphatic carbocycles. The summed E-state index contributed by atoms with van der Waals surface area (Å²) in [4.78, 5) is 103. The number of alkyl halides is 5. The molecule has 6 aromatic rings. The molecule has 6 N–H and O–H groups in total. The molecule has 12 rings (SSSR count). The molecule has 0 spiro atoms. The van der Waals surface area contributed by atoms with Gasteiger partial charge in [0.15, 0.2) is 32.5 Å². The van der Waals surface area contributed by atoms with Gasteiger partial charge in [0.1, 0.15) is 67.2 Å². The summed E-state index contributed by atoms with van der Waals surface area (Å²) in [6, 6.07) is 8.55. The number of rotatable bonds is 26. The predicted octanol–water partition coefficient (Wildman–Crippen LogP) is 10.4. The summed E-state index contributed by atoms with van der Waals surface area (Å²) in [6.45, 7) is 1.51. The molecule has 0 amide bonds. The van der Waals surface area contributed by atoms with Crippen LogP contribution in [0.3, 0.4) is 0 Å². The van der Waals surface area contributed by atoms with Crippen LogP contribution in [0.5, 0.6) is 0 Å². The number of carboxylic acid groups (broad SMARTS) is 3. The summed E-state index contributed by atoms with van der Waals surface area (Å²) in [6.07, 6.45) is 2.46. The van der Waals surface area contributed by atoms with E-state index in [0.29, 0.717) is 53.6 Å². The van der Waals surface area contributed by atoms with Crippen molar-refractivity contribution < 1.29 is 103 Å². The number of nitrogens with zero attached hydrogens (tertiary/aromatic N) is 9. The minimum atomic E-state index is -3.32. The van der Waals surface area contributed by atoms with Gasteiger partial charge in [-0.1, -0.05) is 63.4 Å². The molecule has 9 heterocycles. The Bertz CT molecular complexity index is 4430. The number of thiazole rings is 3. The third-order valence-corrected chi connectivity index (χ3v) is 20.7. The third-order valence-electron chi connectivity index (χ3n) is 17.0. The third kappa shape index (κ3) is 21.0. The summed E-state index contributed by atoms with van der Waals surface area (Å²) in [7, 11) is 0. The maximum Gasteiger partial charge on any atom is 0.338 e. The summed E-state index contributed by atoms with van der Waals surface area (Å²) in [5, 5.41) is 42.6.